The topological polar surface area (TPSA) is 72.6 Å². The van der Waals surface area contributed by atoms with E-state index >= 15 is 0 Å². The number of hydrogen-bond donors (Lipinski definition) is 1. The first-order valence-electron chi connectivity index (χ1n) is 15.3. The molecule has 0 radical (unpaired) electrons. The van der Waals surface area contributed by atoms with E-state index in [0.717, 1.165) is 36.3 Å². The van der Waals surface area contributed by atoms with Crippen molar-refractivity contribution < 1.29 is 14.3 Å². The van der Waals surface area contributed by atoms with Crippen LogP contribution in [-0.4, -0.2) is 29.4 Å². The van der Waals surface area contributed by atoms with Gasteiger partial charge in [-0.3, -0.25) is 0 Å². The Hall–Kier alpha value is -1.72. The van der Waals surface area contributed by atoms with Crippen LogP contribution < -0.4 is 5.63 Å². The molecule has 1 aromatic heterocycles. The zero-order valence-electron chi connectivity index (χ0n) is 24.0. The third kappa shape index (κ3) is 4.01. The van der Waals surface area contributed by atoms with E-state index in [-0.39, 0.29) is 23.2 Å². The molecule has 4 fully saturated rings. The highest BCUT2D eigenvalue weighted by atomic mass is 16.5. The lowest BCUT2D eigenvalue weighted by Gasteiger charge is -2.63. The van der Waals surface area contributed by atoms with Gasteiger partial charge >= 0.3 is 5.63 Å². The Morgan fingerprint density at radius 2 is 1.95 bits per heavy atom. The van der Waals surface area contributed by atoms with E-state index in [9.17, 15) is 9.90 Å². The van der Waals surface area contributed by atoms with Crippen LogP contribution in [0.5, 0.6) is 0 Å². The zero-order valence-corrected chi connectivity index (χ0v) is 24.0. The second-order valence-electron chi connectivity index (χ2n) is 14.0. The highest BCUT2D eigenvalue weighted by Crippen LogP contribution is 2.68. The fraction of sp³-hybridized carbons (Fsp3) is 0.758. The molecule has 0 bridgehead atoms. The van der Waals surface area contributed by atoms with Crippen LogP contribution in [0.15, 0.2) is 27.4 Å². The minimum atomic E-state index is -0.272. The lowest BCUT2D eigenvalue weighted by Crippen LogP contribution is -2.59. The smallest absolute Gasteiger partial charge is 0.346 e. The van der Waals surface area contributed by atoms with Crippen LogP contribution >= 0.6 is 0 Å². The first kappa shape index (κ1) is 26.5. The number of methoxy groups -OCH3 is 1. The Morgan fingerprint density at radius 3 is 2.74 bits per heavy atom. The average Bonchev–Trinajstić information content (AvgIpc) is 3.26. The molecule has 5 nitrogen and oxygen atoms in total. The molecule has 1 unspecified atom stereocenters. The summed E-state index contributed by atoms with van der Waals surface area (Å²) in [6.07, 6.45) is 11.3. The summed E-state index contributed by atoms with van der Waals surface area (Å²) in [5.41, 5.74) is 2.05. The first-order chi connectivity index (χ1) is 18.2. The summed E-state index contributed by atoms with van der Waals surface area (Å²) in [6, 6.07) is 5.70. The number of nitrogens with zero attached hydrogens (tertiary/aromatic N) is 1. The predicted octanol–water partition coefficient (Wildman–Crippen LogP) is 6.71. The van der Waals surface area contributed by atoms with Crippen LogP contribution in [0, 0.1) is 53.3 Å². The summed E-state index contributed by atoms with van der Waals surface area (Å²) in [4.78, 5) is 17.4. The fourth-order valence-electron chi connectivity index (χ4n) is 10.4. The van der Waals surface area contributed by atoms with Gasteiger partial charge in [-0.1, -0.05) is 32.9 Å². The lowest BCUT2D eigenvalue weighted by atomic mass is 9.43. The minimum Gasteiger partial charge on any atom is -0.408 e. The third-order valence-electron chi connectivity index (χ3n) is 12.5. The van der Waals surface area contributed by atoms with E-state index < -0.39 is 0 Å². The molecule has 0 amide bonds. The minimum absolute atomic E-state index is 0.0983. The summed E-state index contributed by atoms with van der Waals surface area (Å²) in [7, 11) is 1.94. The van der Waals surface area contributed by atoms with Crippen LogP contribution in [-0.2, 0) is 11.2 Å². The summed E-state index contributed by atoms with van der Waals surface area (Å²) in [5.74, 6) is 4.55. The van der Waals surface area contributed by atoms with Crippen molar-refractivity contribution in [3.63, 3.8) is 0 Å². The zero-order chi connectivity index (χ0) is 26.8. The number of aromatic nitrogens is 1. The Labute approximate surface area is 227 Å². The molecule has 0 aliphatic heterocycles. The van der Waals surface area contributed by atoms with E-state index in [1.54, 1.807) is 6.07 Å². The van der Waals surface area contributed by atoms with Crippen molar-refractivity contribution in [1.82, 2.24) is 4.98 Å². The first-order valence-corrected chi connectivity index (χ1v) is 15.3. The molecule has 5 heteroatoms. The molecule has 1 aromatic carbocycles. The second-order valence-corrected chi connectivity index (χ2v) is 14.0. The van der Waals surface area contributed by atoms with Crippen LogP contribution in [0.3, 0.4) is 0 Å². The average molecular weight is 522 g/mol. The monoisotopic (exact) mass is 521 g/mol. The number of rotatable bonds is 5. The molecule has 0 spiro atoms. The standard InChI is InChI=1S/C33H47NO4/c1-19(9-14-29-34-30-20(2)7-6-8-24(30)31(36)38-29)25-12-13-26-23-11-10-21-17-22(35)15-16-32(21,3)27(23)18-28(37-5)33(25,26)4/h6-8,19,21-23,25-28,35H,9-18H2,1-5H3/t19-,21-,22-,23+,25-,26+,27?,28+,32+,33-/m1/s1. The van der Waals surface area contributed by atoms with E-state index in [4.69, 9.17) is 14.1 Å². The fourth-order valence-corrected chi connectivity index (χ4v) is 10.4. The van der Waals surface area contributed by atoms with Gasteiger partial charge in [-0.05, 0) is 123 Å². The van der Waals surface area contributed by atoms with Gasteiger partial charge in [0.05, 0.1) is 23.1 Å². The maximum Gasteiger partial charge on any atom is 0.346 e. The molecule has 1 heterocycles. The van der Waals surface area contributed by atoms with E-state index in [0.29, 0.717) is 52.7 Å². The van der Waals surface area contributed by atoms with Crippen molar-refractivity contribution in [2.45, 2.75) is 104 Å². The number of para-hydroxylation sites is 1. The Bertz CT molecular complexity index is 1240. The number of aliphatic hydroxyl groups is 1. The van der Waals surface area contributed by atoms with Crippen LogP contribution in [0.4, 0.5) is 0 Å². The quantitative estimate of drug-likeness (QED) is 0.473. The lowest BCUT2D eigenvalue weighted by molar-refractivity contribution is -0.183. The molecule has 4 saturated carbocycles. The molecule has 1 N–H and O–H groups in total. The van der Waals surface area contributed by atoms with Gasteiger partial charge in [-0.15, -0.1) is 0 Å². The summed E-state index contributed by atoms with van der Waals surface area (Å²) in [5, 5.41) is 11.0. The van der Waals surface area contributed by atoms with Gasteiger partial charge in [0, 0.05) is 13.5 Å². The van der Waals surface area contributed by atoms with E-state index in [1.807, 2.05) is 26.2 Å². The van der Waals surface area contributed by atoms with Gasteiger partial charge < -0.3 is 14.3 Å². The second kappa shape index (κ2) is 9.73. The van der Waals surface area contributed by atoms with Crippen molar-refractivity contribution >= 4 is 10.9 Å². The molecule has 4 aliphatic carbocycles. The van der Waals surface area contributed by atoms with Crippen molar-refractivity contribution in [1.29, 1.82) is 0 Å². The molecule has 38 heavy (non-hydrogen) atoms. The van der Waals surface area contributed by atoms with Crippen molar-refractivity contribution in [3.05, 3.63) is 40.1 Å². The maximum absolute atomic E-state index is 12.6. The Balaban J connectivity index is 1.22. The number of benzene rings is 1. The van der Waals surface area contributed by atoms with E-state index in [2.05, 4.69) is 20.8 Å². The van der Waals surface area contributed by atoms with Gasteiger partial charge in [0.25, 0.3) is 0 Å². The number of ether oxygens (including phenoxy) is 1. The van der Waals surface area contributed by atoms with Crippen molar-refractivity contribution in [2.24, 2.45) is 46.3 Å². The van der Waals surface area contributed by atoms with Gasteiger partial charge in [0.15, 0.2) is 5.89 Å². The van der Waals surface area contributed by atoms with E-state index in [1.165, 1.54) is 38.5 Å². The molecular formula is C33H47NO4. The molecule has 4 aliphatic rings. The maximum atomic E-state index is 12.6. The van der Waals surface area contributed by atoms with Gasteiger partial charge in [0.2, 0.25) is 0 Å². The number of hydrogen-bond acceptors (Lipinski definition) is 5. The van der Waals surface area contributed by atoms with Crippen LogP contribution in [0.1, 0.15) is 90.0 Å². The largest absolute Gasteiger partial charge is 0.408 e. The summed E-state index contributed by atoms with van der Waals surface area (Å²) >= 11 is 0. The highest BCUT2D eigenvalue weighted by molar-refractivity contribution is 5.80. The highest BCUT2D eigenvalue weighted by Gasteiger charge is 2.64. The predicted molar refractivity (Wildman–Crippen MR) is 150 cm³/mol. The van der Waals surface area contributed by atoms with Crippen molar-refractivity contribution in [2.75, 3.05) is 7.11 Å². The Morgan fingerprint density at radius 1 is 1.13 bits per heavy atom. The number of aryl methyl sites for hydroxylation is 2. The molecule has 0 saturated heterocycles. The number of fused-ring (bicyclic) bond motifs is 6. The molecular weight excluding hydrogens is 474 g/mol. The van der Waals surface area contributed by atoms with Crippen LogP contribution in [0.25, 0.3) is 10.9 Å². The molecule has 10 atom stereocenters. The Kier molecular flexibility index (Phi) is 6.78. The van der Waals surface area contributed by atoms with Gasteiger partial charge in [-0.2, -0.15) is 0 Å². The summed E-state index contributed by atoms with van der Waals surface area (Å²) < 4.78 is 12.1. The SMILES string of the molecule is CO[C@H]1CC2[C@@H](CC[C@@H]3C[C@H](O)CC[C@]23C)[C@@H]2CC[C@H]([C@H](C)CCc3nc4c(C)cccc4c(=O)o3)[C@@]12C. The summed E-state index contributed by atoms with van der Waals surface area (Å²) in [6.45, 7) is 9.51. The van der Waals surface area contributed by atoms with Crippen LogP contribution in [0.2, 0.25) is 0 Å². The van der Waals surface area contributed by atoms with Gasteiger partial charge in [-0.25, -0.2) is 9.78 Å². The molecule has 6 rings (SSSR count). The van der Waals surface area contributed by atoms with Gasteiger partial charge in [0.1, 0.15) is 0 Å². The molecule has 208 valence electrons. The number of aliphatic hydroxyl groups excluding tert-OH is 1. The molecule has 2 aromatic rings. The third-order valence-corrected chi connectivity index (χ3v) is 12.5. The van der Waals surface area contributed by atoms with Crippen molar-refractivity contribution in [3.8, 4) is 0 Å². The normalized spacial score (nSPS) is 41.4.